The molecule has 0 bridgehead atoms. The molecule has 130 valence electrons. The Morgan fingerprint density at radius 3 is 1.38 bits per heavy atom. The van der Waals surface area contributed by atoms with Gasteiger partial charge in [0.05, 0.1) is 27.7 Å². The highest BCUT2D eigenvalue weighted by Gasteiger charge is 2.34. The summed E-state index contributed by atoms with van der Waals surface area (Å²) in [6.45, 7) is 7.60. The van der Waals surface area contributed by atoms with Crippen molar-refractivity contribution < 1.29 is 13.5 Å². The highest BCUT2D eigenvalue weighted by Crippen LogP contribution is 2.25. The van der Waals surface area contributed by atoms with Crippen molar-refractivity contribution >= 4 is 21.6 Å². The van der Waals surface area contributed by atoms with Crippen LogP contribution < -0.4 is 0 Å². The van der Waals surface area contributed by atoms with E-state index in [9.17, 15) is 13.5 Å². The van der Waals surface area contributed by atoms with Crippen molar-refractivity contribution in [3.8, 4) is 0 Å². The zero-order valence-electron chi connectivity index (χ0n) is 14.4. The lowest BCUT2D eigenvalue weighted by atomic mass is 10.1. The molecule has 0 saturated heterocycles. The van der Waals surface area contributed by atoms with E-state index in [1.807, 2.05) is 52.0 Å². The van der Waals surface area contributed by atoms with Gasteiger partial charge in [-0.25, -0.2) is 0 Å². The number of aliphatic hydroxyl groups is 1. The highest BCUT2D eigenvalue weighted by atomic mass is 32.2. The van der Waals surface area contributed by atoms with E-state index in [1.165, 1.54) is 0 Å². The van der Waals surface area contributed by atoms with Crippen LogP contribution in [0.5, 0.6) is 0 Å². The van der Waals surface area contributed by atoms with Crippen molar-refractivity contribution in [1.82, 2.24) is 0 Å². The van der Waals surface area contributed by atoms with Gasteiger partial charge in [-0.15, -0.1) is 0 Å². The molecule has 5 heteroatoms. The van der Waals surface area contributed by atoms with Crippen LogP contribution in [-0.2, 0) is 21.6 Å². The van der Waals surface area contributed by atoms with E-state index in [2.05, 4.69) is 0 Å². The molecule has 3 nitrogen and oxygen atoms in total. The number of aliphatic hydroxyl groups excluding tert-OH is 1. The van der Waals surface area contributed by atoms with Gasteiger partial charge in [-0.3, -0.25) is 8.42 Å². The first-order valence-electron chi connectivity index (χ1n) is 7.94. The van der Waals surface area contributed by atoms with Gasteiger partial charge in [0.15, 0.2) is 0 Å². The summed E-state index contributed by atoms with van der Waals surface area (Å²) in [5.41, 5.74) is 2.13. The number of rotatable bonds is 6. The van der Waals surface area contributed by atoms with E-state index in [-0.39, 0.29) is 5.92 Å². The van der Waals surface area contributed by atoms with Crippen LogP contribution in [0.2, 0.25) is 0 Å². The molecule has 0 spiro atoms. The molecule has 2 unspecified atom stereocenters. The standard InChI is InChI=1S/C19H24O3S2/c1-13(2)18(20)19(23(21)16-9-5-14(3)6-10-16)24(22)17-11-7-15(4)8-12-17/h5-13,18-20H,1-4H3/t18-,19?,23?,24?/m0/s1. The third kappa shape index (κ3) is 4.41. The van der Waals surface area contributed by atoms with Crippen molar-refractivity contribution in [3.63, 3.8) is 0 Å². The lowest BCUT2D eigenvalue weighted by Gasteiger charge is -2.25. The molecule has 0 heterocycles. The third-order valence-corrected chi connectivity index (χ3v) is 7.81. The monoisotopic (exact) mass is 364 g/mol. The average Bonchev–Trinajstić information content (AvgIpc) is 2.55. The van der Waals surface area contributed by atoms with E-state index in [1.54, 1.807) is 24.3 Å². The Kier molecular flexibility index (Phi) is 6.49. The molecular weight excluding hydrogens is 340 g/mol. The second kappa shape index (κ2) is 8.19. The fraction of sp³-hybridized carbons (Fsp3) is 0.368. The second-order valence-corrected chi connectivity index (χ2v) is 9.77. The molecule has 0 aliphatic carbocycles. The minimum atomic E-state index is -1.57. The Bertz CT molecular complexity index is 664. The molecule has 1 N–H and O–H groups in total. The van der Waals surface area contributed by atoms with Gasteiger partial charge in [-0.1, -0.05) is 49.2 Å². The maximum Gasteiger partial charge on any atom is 0.145 e. The maximum atomic E-state index is 13.0. The van der Waals surface area contributed by atoms with Gasteiger partial charge in [0.2, 0.25) is 0 Å². The number of hydrogen-bond acceptors (Lipinski definition) is 3. The number of aryl methyl sites for hydroxylation is 2. The van der Waals surface area contributed by atoms with E-state index in [4.69, 9.17) is 0 Å². The lowest BCUT2D eigenvalue weighted by molar-refractivity contribution is 0.139. The van der Waals surface area contributed by atoms with Crippen LogP contribution in [-0.4, -0.2) is 24.2 Å². The smallest absolute Gasteiger partial charge is 0.145 e. The summed E-state index contributed by atoms with van der Waals surface area (Å²) >= 11 is 0. The van der Waals surface area contributed by atoms with Gasteiger partial charge in [-0.05, 0) is 44.0 Å². The predicted octanol–water partition coefficient (Wildman–Crippen LogP) is 3.56. The largest absolute Gasteiger partial charge is 0.391 e. The van der Waals surface area contributed by atoms with Crippen molar-refractivity contribution in [2.45, 2.75) is 48.2 Å². The Morgan fingerprint density at radius 1 is 0.750 bits per heavy atom. The summed E-state index contributed by atoms with van der Waals surface area (Å²) in [5.74, 6) is -0.140. The lowest BCUT2D eigenvalue weighted by Crippen LogP contribution is -2.38. The van der Waals surface area contributed by atoms with Crippen molar-refractivity contribution in [2.24, 2.45) is 5.92 Å². The minimum absolute atomic E-state index is 0.140. The number of benzene rings is 2. The molecular formula is C19H24O3S2. The second-order valence-electron chi connectivity index (χ2n) is 6.32. The van der Waals surface area contributed by atoms with Gasteiger partial charge >= 0.3 is 0 Å². The molecule has 2 rings (SSSR count). The summed E-state index contributed by atoms with van der Waals surface area (Å²) in [5, 5.41) is 10.6. The summed E-state index contributed by atoms with van der Waals surface area (Å²) in [6.07, 6.45) is -0.922. The first-order valence-corrected chi connectivity index (χ1v) is 10.4. The Balaban J connectivity index is 2.40. The van der Waals surface area contributed by atoms with Crippen LogP contribution >= 0.6 is 0 Å². The van der Waals surface area contributed by atoms with E-state index in [0.29, 0.717) is 9.79 Å². The van der Waals surface area contributed by atoms with Gasteiger partial charge in [-0.2, -0.15) is 0 Å². The summed E-state index contributed by atoms with van der Waals surface area (Å²) in [7, 11) is -3.13. The van der Waals surface area contributed by atoms with Crippen molar-refractivity contribution in [3.05, 3.63) is 59.7 Å². The fourth-order valence-electron chi connectivity index (χ4n) is 2.26. The molecule has 0 aliphatic rings. The van der Waals surface area contributed by atoms with Gasteiger partial charge < -0.3 is 5.11 Å². The normalized spacial score (nSPS) is 16.6. The predicted molar refractivity (Wildman–Crippen MR) is 99.8 cm³/mol. The molecule has 0 amide bonds. The van der Waals surface area contributed by atoms with Crippen LogP contribution in [0.15, 0.2) is 58.3 Å². The number of hydrogen-bond donors (Lipinski definition) is 1. The van der Waals surface area contributed by atoms with Crippen LogP contribution in [0.3, 0.4) is 0 Å². The Hall–Kier alpha value is -1.30. The van der Waals surface area contributed by atoms with E-state index < -0.39 is 32.3 Å². The fourth-order valence-corrected chi connectivity index (χ4v) is 6.04. The summed E-state index contributed by atoms with van der Waals surface area (Å²) < 4.78 is 25.2. The molecule has 3 atom stereocenters. The van der Waals surface area contributed by atoms with Crippen LogP contribution in [0.25, 0.3) is 0 Å². The maximum absolute atomic E-state index is 13.0. The highest BCUT2D eigenvalue weighted by molar-refractivity contribution is 8.03. The summed E-state index contributed by atoms with van der Waals surface area (Å²) in [4.78, 5) is 1.18. The molecule has 0 fully saturated rings. The Morgan fingerprint density at radius 2 is 1.08 bits per heavy atom. The van der Waals surface area contributed by atoms with Crippen LogP contribution in [0, 0.1) is 19.8 Å². The van der Waals surface area contributed by atoms with Gasteiger partial charge in [0.25, 0.3) is 0 Å². The molecule has 2 aromatic carbocycles. The summed E-state index contributed by atoms with van der Waals surface area (Å²) in [6, 6.07) is 14.6. The minimum Gasteiger partial charge on any atom is -0.391 e. The zero-order chi connectivity index (χ0) is 17.9. The Labute approximate surface area is 149 Å². The quantitative estimate of drug-likeness (QED) is 0.853. The first kappa shape index (κ1) is 19.0. The topological polar surface area (TPSA) is 54.4 Å². The van der Waals surface area contributed by atoms with Crippen molar-refractivity contribution in [1.29, 1.82) is 0 Å². The third-order valence-electron chi connectivity index (χ3n) is 3.89. The molecule has 0 aliphatic heterocycles. The van der Waals surface area contributed by atoms with Crippen LogP contribution in [0.1, 0.15) is 25.0 Å². The molecule has 0 saturated carbocycles. The first-order chi connectivity index (χ1) is 11.3. The van der Waals surface area contributed by atoms with Crippen molar-refractivity contribution in [2.75, 3.05) is 0 Å². The molecule has 2 aromatic rings. The van der Waals surface area contributed by atoms with Gasteiger partial charge in [0.1, 0.15) is 4.58 Å². The van der Waals surface area contributed by atoms with Crippen LogP contribution in [0.4, 0.5) is 0 Å². The average molecular weight is 365 g/mol. The van der Waals surface area contributed by atoms with E-state index >= 15 is 0 Å². The molecule has 24 heavy (non-hydrogen) atoms. The SMILES string of the molecule is Cc1ccc(S(=O)C([C@@H](O)C(C)C)S(=O)c2ccc(C)cc2)cc1. The van der Waals surface area contributed by atoms with E-state index in [0.717, 1.165) is 11.1 Å². The molecule has 0 aromatic heterocycles. The zero-order valence-corrected chi connectivity index (χ0v) is 16.1. The van der Waals surface area contributed by atoms with Gasteiger partial charge in [0, 0.05) is 9.79 Å². The molecule has 0 radical (unpaired) electrons.